The van der Waals surface area contributed by atoms with Gasteiger partial charge in [0.2, 0.25) is 5.78 Å². The van der Waals surface area contributed by atoms with E-state index in [1.807, 2.05) is 13.8 Å². The van der Waals surface area contributed by atoms with Crippen LogP contribution in [0.5, 0.6) is 5.75 Å². The quantitative estimate of drug-likeness (QED) is 0.824. The Labute approximate surface area is 109 Å². The molecule has 0 radical (unpaired) electrons. The lowest BCUT2D eigenvalue weighted by atomic mass is 9.92. The van der Waals surface area contributed by atoms with Crippen LogP contribution in [-0.4, -0.2) is 17.6 Å². The number of alkyl halides is 3. The van der Waals surface area contributed by atoms with Gasteiger partial charge in [-0.1, -0.05) is 12.1 Å². The molecule has 5 heteroatoms. The van der Waals surface area contributed by atoms with Gasteiger partial charge in [0, 0.05) is 6.42 Å². The van der Waals surface area contributed by atoms with Crippen LogP contribution in [0.3, 0.4) is 0 Å². The number of hydrogen-bond donors (Lipinski definition) is 0. The minimum absolute atomic E-state index is 0.254. The smallest absolute Gasteiger partial charge is 0.450 e. The summed E-state index contributed by atoms with van der Waals surface area (Å²) in [6.45, 7) is 3.94. The number of aryl methyl sites for hydroxylation is 1. The maximum Gasteiger partial charge on any atom is 0.450 e. The number of carbonyl (C=O) groups is 1. The van der Waals surface area contributed by atoms with E-state index in [1.54, 1.807) is 12.1 Å². The van der Waals surface area contributed by atoms with Gasteiger partial charge >= 0.3 is 6.18 Å². The second-order valence-corrected chi connectivity index (χ2v) is 5.40. The molecule has 0 aromatic heterocycles. The van der Waals surface area contributed by atoms with E-state index in [1.165, 1.54) is 6.07 Å². The molecule has 2 nitrogen and oxygen atoms in total. The molecule has 104 valence electrons. The molecule has 0 fully saturated rings. The van der Waals surface area contributed by atoms with Gasteiger partial charge in [-0.3, -0.25) is 4.79 Å². The van der Waals surface area contributed by atoms with E-state index in [0.717, 1.165) is 18.4 Å². The Bertz CT molecular complexity index is 504. The van der Waals surface area contributed by atoms with Gasteiger partial charge in [-0.15, -0.1) is 0 Å². The summed E-state index contributed by atoms with van der Waals surface area (Å²) in [5.41, 5.74) is 0.993. The lowest BCUT2D eigenvalue weighted by molar-refractivity contribution is -0.170. The van der Waals surface area contributed by atoms with Crippen LogP contribution in [0.4, 0.5) is 13.2 Å². The third kappa shape index (κ3) is 3.28. The van der Waals surface area contributed by atoms with Crippen molar-refractivity contribution >= 4 is 5.78 Å². The molecular weight excluding hydrogens is 257 g/mol. The Morgan fingerprint density at radius 1 is 1.37 bits per heavy atom. The Kier molecular flexibility index (Phi) is 3.32. The van der Waals surface area contributed by atoms with Gasteiger partial charge in [-0.25, -0.2) is 0 Å². The summed E-state index contributed by atoms with van der Waals surface area (Å²) < 4.78 is 42.3. The molecule has 0 spiro atoms. The van der Waals surface area contributed by atoms with Crippen molar-refractivity contribution in [1.82, 2.24) is 0 Å². The van der Waals surface area contributed by atoms with Gasteiger partial charge in [0.1, 0.15) is 11.4 Å². The highest BCUT2D eigenvalue weighted by Crippen LogP contribution is 2.33. The van der Waals surface area contributed by atoms with Crippen LogP contribution >= 0.6 is 0 Å². The Morgan fingerprint density at radius 2 is 2.05 bits per heavy atom. The van der Waals surface area contributed by atoms with E-state index in [0.29, 0.717) is 11.3 Å². The third-order valence-electron chi connectivity index (χ3n) is 3.19. The minimum Gasteiger partial charge on any atom is -0.488 e. The maximum atomic E-state index is 12.2. The van der Waals surface area contributed by atoms with Gasteiger partial charge in [0.15, 0.2) is 0 Å². The zero-order valence-electron chi connectivity index (χ0n) is 10.8. The molecule has 0 saturated heterocycles. The topological polar surface area (TPSA) is 26.3 Å². The van der Waals surface area contributed by atoms with Crippen LogP contribution in [-0.2, 0) is 17.6 Å². The third-order valence-corrected chi connectivity index (χ3v) is 3.19. The molecule has 1 aliphatic heterocycles. The van der Waals surface area contributed by atoms with Gasteiger partial charge in [0.05, 0.1) is 0 Å². The van der Waals surface area contributed by atoms with E-state index in [9.17, 15) is 18.0 Å². The first kappa shape index (κ1) is 13.9. The standard InChI is InChI=1S/C14H15F3O2/c1-13(2)6-5-10-7-9(3-4-11(10)19-13)8-12(18)14(15,16)17/h3-4,7H,5-6,8H2,1-2H3. The lowest BCUT2D eigenvalue weighted by Crippen LogP contribution is -2.32. The number of ether oxygens (including phenoxy) is 1. The van der Waals surface area contributed by atoms with Crippen LogP contribution in [0.2, 0.25) is 0 Å². The number of rotatable bonds is 2. The average molecular weight is 272 g/mol. The van der Waals surface area contributed by atoms with Gasteiger partial charge < -0.3 is 4.74 Å². The lowest BCUT2D eigenvalue weighted by Gasteiger charge is -2.32. The van der Waals surface area contributed by atoms with Gasteiger partial charge in [-0.05, 0) is 43.9 Å². The van der Waals surface area contributed by atoms with Crippen molar-refractivity contribution in [3.63, 3.8) is 0 Å². The zero-order chi connectivity index (χ0) is 14.3. The molecule has 0 atom stereocenters. The van der Waals surface area contributed by atoms with Crippen molar-refractivity contribution < 1.29 is 22.7 Å². The van der Waals surface area contributed by atoms with Crippen LogP contribution in [0.15, 0.2) is 18.2 Å². The van der Waals surface area contributed by atoms with E-state index in [2.05, 4.69) is 0 Å². The predicted octanol–water partition coefficient (Wildman–Crippen LogP) is 3.46. The molecule has 0 aliphatic carbocycles. The molecule has 1 heterocycles. The van der Waals surface area contributed by atoms with Crippen molar-refractivity contribution in [3.05, 3.63) is 29.3 Å². The number of ketones is 1. The van der Waals surface area contributed by atoms with Gasteiger partial charge in [-0.2, -0.15) is 13.2 Å². The van der Waals surface area contributed by atoms with Crippen molar-refractivity contribution in [2.75, 3.05) is 0 Å². The number of halogens is 3. The fourth-order valence-electron chi connectivity index (χ4n) is 2.11. The van der Waals surface area contributed by atoms with Gasteiger partial charge in [0.25, 0.3) is 0 Å². The average Bonchev–Trinajstić information content (AvgIpc) is 2.27. The Morgan fingerprint density at radius 3 is 2.68 bits per heavy atom. The molecule has 2 rings (SSSR count). The molecule has 19 heavy (non-hydrogen) atoms. The first-order valence-electron chi connectivity index (χ1n) is 6.08. The Hall–Kier alpha value is -1.52. The molecule has 0 N–H and O–H groups in total. The van der Waals surface area contributed by atoms with E-state index < -0.39 is 18.4 Å². The summed E-state index contributed by atoms with van der Waals surface area (Å²) >= 11 is 0. The summed E-state index contributed by atoms with van der Waals surface area (Å²) in [6, 6.07) is 4.80. The highest BCUT2D eigenvalue weighted by Gasteiger charge is 2.38. The van der Waals surface area contributed by atoms with E-state index >= 15 is 0 Å². The largest absolute Gasteiger partial charge is 0.488 e. The summed E-state index contributed by atoms with van der Waals surface area (Å²) in [7, 11) is 0. The fourth-order valence-corrected chi connectivity index (χ4v) is 2.11. The van der Waals surface area contributed by atoms with Crippen LogP contribution in [0.1, 0.15) is 31.4 Å². The SMILES string of the molecule is CC1(C)CCc2cc(CC(=O)C(F)(F)F)ccc2O1. The predicted molar refractivity (Wildman–Crippen MR) is 64.2 cm³/mol. The fraction of sp³-hybridized carbons (Fsp3) is 0.500. The summed E-state index contributed by atoms with van der Waals surface area (Å²) in [5.74, 6) is -1.02. The van der Waals surface area contributed by atoms with Crippen molar-refractivity contribution in [2.24, 2.45) is 0 Å². The van der Waals surface area contributed by atoms with E-state index in [-0.39, 0.29) is 5.60 Å². The first-order valence-corrected chi connectivity index (χ1v) is 6.08. The van der Waals surface area contributed by atoms with Crippen LogP contribution in [0, 0.1) is 0 Å². The Balaban J connectivity index is 2.17. The number of benzene rings is 1. The maximum absolute atomic E-state index is 12.2. The van der Waals surface area contributed by atoms with Crippen molar-refractivity contribution in [2.45, 2.75) is 44.9 Å². The second-order valence-electron chi connectivity index (χ2n) is 5.40. The summed E-state index contributed by atoms with van der Waals surface area (Å²) in [4.78, 5) is 10.9. The normalized spacial score (nSPS) is 17.5. The van der Waals surface area contributed by atoms with Crippen molar-refractivity contribution in [1.29, 1.82) is 0 Å². The molecule has 1 aromatic rings. The highest BCUT2D eigenvalue weighted by molar-refractivity contribution is 5.86. The number of hydrogen-bond acceptors (Lipinski definition) is 2. The number of Topliss-reactive ketones (excluding diaryl/α,β-unsaturated/α-hetero) is 1. The van der Waals surface area contributed by atoms with Crippen LogP contribution in [0.25, 0.3) is 0 Å². The molecule has 1 aliphatic rings. The molecule has 0 unspecified atom stereocenters. The minimum atomic E-state index is -4.77. The van der Waals surface area contributed by atoms with E-state index in [4.69, 9.17) is 4.74 Å². The zero-order valence-corrected chi connectivity index (χ0v) is 10.8. The summed E-state index contributed by atoms with van der Waals surface area (Å²) in [5, 5.41) is 0. The molecular formula is C14H15F3O2. The summed E-state index contributed by atoms with van der Waals surface area (Å²) in [6.07, 6.45) is -3.83. The highest BCUT2D eigenvalue weighted by atomic mass is 19.4. The van der Waals surface area contributed by atoms with Crippen molar-refractivity contribution in [3.8, 4) is 5.75 Å². The number of carbonyl (C=O) groups excluding carboxylic acids is 1. The van der Waals surface area contributed by atoms with Crippen LogP contribution < -0.4 is 4.74 Å². The molecule has 0 saturated carbocycles. The monoisotopic (exact) mass is 272 g/mol. The molecule has 0 bridgehead atoms. The number of fused-ring (bicyclic) bond motifs is 1. The molecule has 0 amide bonds. The molecule has 1 aromatic carbocycles. The second kappa shape index (κ2) is 4.54. The first-order chi connectivity index (χ1) is 8.67.